The molecule has 0 radical (unpaired) electrons. The van der Waals surface area contributed by atoms with Crippen LogP contribution in [0.4, 0.5) is 0 Å². The summed E-state index contributed by atoms with van der Waals surface area (Å²) in [5, 5.41) is 0. The Hall–Kier alpha value is -0.0900. The van der Waals surface area contributed by atoms with Crippen LogP contribution in [-0.4, -0.2) is 32.6 Å². The molecule has 0 aromatic carbocycles. The summed E-state index contributed by atoms with van der Waals surface area (Å²) in [5.74, 6) is 0.551. The smallest absolute Gasteiger partial charge is 0.152 e. The van der Waals surface area contributed by atoms with Crippen LogP contribution in [0.3, 0.4) is 0 Å². The molecule has 0 amide bonds. The molecular formula is C11H22O3S. The molecule has 0 aromatic heterocycles. The molecule has 0 aromatic rings. The van der Waals surface area contributed by atoms with E-state index in [0.29, 0.717) is 12.2 Å². The van der Waals surface area contributed by atoms with Gasteiger partial charge in [0.2, 0.25) is 0 Å². The first-order valence-corrected chi connectivity index (χ1v) is 7.78. The Morgan fingerprint density at radius 1 is 1.20 bits per heavy atom. The highest BCUT2D eigenvalue weighted by molar-refractivity contribution is 7.91. The summed E-state index contributed by atoms with van der Waals surface area (Å²) in [7, 11) is -2.77. The second-order valence-corrected chi connectivity index (χ2v) is 6.54. The Morgan fingerprint density at radius 2 is 1.93 bits per heavy atom. The van der Waals surface area contributed by atoms with E-state index < -0.39 is 9.84 Å². The number of sulfone groups is 1. The second-order valence-electron chi connectivity index (χ2n) is 4.31. The van der Waals surface area contributed by atoms with E-state index in [1.165, 1.54) is 25.7 Å². The molecular weight excluding hydrogens is 212 g/mol. The predicted molar refractivity (Wildman–Crippen MR) is 61.8 cm³/mol. The molecule has 90 valence electrons. The van der Waals surface area contributed by atoms with E-state index in [9.17, 15) is 8.42 Å². The van der Waals surface area contributed by atoms with E-state index >= 15 is 0 Å². The maximum absolute atomic E-state index is 11.1. The molecule has 0 bridgehead atoms. The van der Waals surface area contributed by atoms with Crippen molar-refractivity contribution in [2.45, 2.75) is 51.6 Å². The highest BCUT2D eigenvalue weighted by Crippen LogP contribution is 2.15. The molecule has 0 saturated carbocycles. The van der Waals surface area contributed by atoms with Gasteiger partial charge < -0.3 is 4.74 Å². The van der Waals surface area contributed by atoms with Gasteiger partial charge in [0.15, 0.2) is 9.84 Å². The van der Waals surface area contributed by atoms with Crippen molar-refractivity contribution in [2.24, 2.45) is 0 Å². The van der Waals surface area contributed by atoms with Crippen LogP contribution in [0.2, 0.25) is 0 Å². The van der Waals surface area contributed by atoms with Gasteiger partial charge in [-0.15, -0.1) is 0 Å². The summed E-state index contributed by atoms with van der Waals surface area (Å²) in [6.07, 6.45) is 6.74. The van der Waals surface area contributed by atoms with Crippen molar-refractivity contribution >= 4 is 9.84 Å². The molecule has 1 aliphatic heterocycles. The fourth-order valence-electron chi connectivity index (χ4n) is 1.85. The molecule has 0 aliphatic carbocycles. The Kier molecular flexibility index (Phi) is 5.61. The molecule has 15 heavy (non-hydrogen) atoms. The number of hydrogen-bond donors (Lipinski definition) is 0. The number of ether oxygens (including phenoxy) is 1. The topological polar surface area (TPSA) is 43.4 Å². The van der Waals surface area contributed by atoms with E-state index in [1.54, 1.807) is 0 Å². The molecule has 1 rings (SSSR count). The molecule has 1 aliphatic rings. The summed E-state index contributed by atoms with van der Waals surface area (Å²) in [4.78, 5) is 0. The van der Waals surface area contributed by atoms with Crippen LogP contribution >= 0.6 is 0 Å². The van der Waals surface area contributed by atoms with Crippen molar-refractivity contribution in [3.63, 3.8) is 0 Å². The molecule has 0 unspecified atom stereocenters. The zero-order valence-corrected chi connectivity index (χ0v) is 10.4. The first-order valence-electron chi connectivity index (χ1n) is 5.96. The van der Waals surface area contributed by atoms with E-state index in [0.717, 1.165) is 13.0 Å². The minimum absolute atomic E-state index is 0.0267. The van der Waals surface area contributed by atoms with Gasteiger partial charge in [0.05, 0.1) is 17.6 Å². The van der Waals surface area contributed by atoms with Gasteiger partial charge in [-0.25, -0.2) is 8.42 Å². The maximum Gasteiger partial charge on any atom is 0.152 e. The minimum atomic E-state index is -2.77. The third-order valence-electron chi connectivity index (χ3n) is 2.79. The SMILES string of the molecule is CCCCCCCO[C@@H]1CCS(=O)(=O)C1. The molecule has 3 nitrogen and oxygen atoms in total. The fraction of sp³-hybridized carbons (Fsp3) is 1.00. The van der Waals surface area contributed by atoms with E-state index in [1.807, 2.05) is 0 Å². The molecule has 1 heterocycles. The first kappa shape index (κ1) is 13.0. The van der Waals surface area contributed by atoms with Crippen molar-refractivity contribution in [1.82, 2.24) is 0 Å². The van der Waals surface area contributed by atoms with E-state index in [4.69, 9.17) is 4.74 Å². The van der Waals surface area contributed by atoms with Crippen molar-refractivity contribution < 1.29 is 13.2 Å². The molecule has 1 saturated heterocycles. The largest absolute Gasteiger partial charge is 0.377 e. The van der Waals surface area contributed by atoms with Crippen LogP contribution < -0.4 is 0 Å². The molecule has 1 fully saturated rings. The van der Waals surface area contributed by atoms with Crippen molar-refractivity contribution in [1.29, 1.82) is 0 Å². The van der Waals surface area contributed by atoms with Crippen LogP contribution in [0.25, 0.3) is 0 Å². The van der Waals surface area contributed by atoms with Crippen LogP contribution in [0.5, 0.6) is 0 Å². The number of rotatable bonds is 7. The maximum atomic E-state index is 11.1. The van der Waals surface area contributed by atoms with Crippen LogP contribution in [0.1, 0.15) is 45.4 Å². The van der Waals surface area contributed by atoms with E-state index in [2.05, 4.69) is 6.92 Å². The second kappa shape index (κ2) is 6.48. The lowest BCUT2D eigenvalue weighted by atomic mass is 10.2. The lowest BCUT2D eigenvalue weighted by molar-refractivity contribution is 0.0680. The Labute approximate surface area is 93.1 Å². The van der Waals surface area contributed by atoms with Crippen LogP contribution in [0.15, 0.2) is 0 Å². The Bertz CT molecular complexity index is 259. The summed E-state index contributed by atoms with van der Waals surface area (Å²) >= 11 is 0. The molecule has 0 N–H and O–H groups in total. The van der Waals surface area contributed by atoms with Crippen LogP contribution in [-0.2, 0) is 14.6 Å². The Balaban J connectivity index is 1.97. The summed E-state index contributed by atoms with van der Waals surface area (Å²) in [5.41, 5.74) is 0. The molecule has 1 atom stereocenters. The Morgan fingerprint density at radius 3 is 2.53 bits per heavy atom. The number of unbranched alkanes of at least 4 members (excludes halogenated alkanes) is 4. The molecule has 0 spiro atoms. The van der Waals surface area contributed by atoms with Gasteiger partial charge in [-0.05, 0) is 12.8 Å². The van der Waals surface area contributed by atoms with Gasteiger partial charge in [-0.1, -0.05) is 32.6 Å². The first-order chi connectivity index (χ1) is 7.14. The third-order valence-corrected chi connectivity index (χ3v) is 4.53. The monoisotopic (exact) mass is 234 g/mol. The summed E-state index contributed by atoms with van der Waals surface area (Å²) < 4.78 is 27.8. The highest BCUT2D eigenvalue weighted by Gasteiger charge is 2.28. The van der Waals surface area contributed by atoms with Crippen molar-refractivity contribution in [3.05, 3.63) is 0 Å². The lowest BCUT2D eigenvalue weighted by Gasteiger charge is -2.09. The fourth-order valence-corrected chi connectivity index (χ4v) is 3.47. The van der Waals surface area contributed by atoms with Gasteiger partial charge in [0, 0.05) is 6.61 Å². The normalized spacial score (nSPS) is 24.5. The highest BCUT2D eigenvalue weighted by atomic mass is 32.2. The zero-order chi connectivity index (χ0) is 11.1. The predicted octanol–water partition coefficient (Wildman–Crippen LogP) is 2.16. The van der Waals surface area contributed by atoms with Gasteiger partial charge in [0.1, 0.15) is 0 Å². The van der Waals surface area contributed by atoms with Gasteiger partial charge in [-0.2, -0.15) is 0 Å². The standard InChI is InChI=1S/C11H22O3S/c1-2-3-4-5-6-8-14-11-7-9-15(12,13)10-11/h11H,2-10H2,1H3/t11-/m1/s1. The lowest BCUT2D eigenvalue weighted by Crippen LogP contribution is -2.15. The van der Waals surface area contributed by atoms with Crippen LogP contribution in [0, 0.1) is 0 Å². The summed E-state index contributed by atoms with van der Waals surface area (Å²) in [6.45, 7) is 2.92. The van der Waals surface area contributed by atoms with E-state index in [-0.39, 0.29) is 11.9 Å². The minimum Gasteiger partial charge on any atom is -0.377 e. The van der Waals surface area contributed by atoms with Gasteiger partial charge in [-0.3, -0.25) is 0 Å². The van der Waals surface area contributed by atoms with Gasteiger partial charge >= 0.3 is 0 Å². The summed E-state index contributed by atoms with van der Waals surface area (Å²) in [6, 6.07) is 0. The van der Waals surface area contributed by atoms with Crippen molar-refractivity contribution in [2.75, 3.05) is 18.1 Å². The quantitative estimate of drug-likeness (QED) is 0.634. The van der Waals surface area contributed by atoms with Crippen molar-refractivity contribution in [3.8, 4) is 0 Å². The average molecular weight is 234 g/mol. The number of hydrogen-bond acceptors (Lipinski definition) is 3. The average Bonchev–Trinajstić information content (AvgIpc) is 2.52. The third kappa shape index (κ3) is 5.52. The van der Waals surface area contributed by atoms with Gasteiger partial charge in [0.25, 0.3) is 0 Å². The zero-order valence-electron chi connectivity index (χ0n) is 9.57. The molecule has 4 heteroatoms.